The molecule has 4 rings (SSSR count). The highest BCUT2D eigenvalue weighted by Crippen LogP contribution is 2.55. The highest BCUT2D eigenvalue weighted by atomic mass is 35.5. The summed E-state index contributed by atoms with van der Waals surface area (Å²) in [6.45, 7) is 6.05. The quantitative estimate of drug-likeness (QED) is 0.897. The minimum absolute atomic E-state index is 0.185. The van der Waals surface area contributed by atoms with Crippen LogP contribution in [0.15, 0.2) is 42.6 Å². The Bertz CT molecular complexity index is 892. The minimum Gasteiger partial charge on any atom is -0.345 e. The first-order valence-corrected chi connectivity index (χ1v) is 7.87. The van der Waals surface area contributed by atoms with Crippen LogP contribution in [0.1, 0.15) is 36.6 Å². The lowest BCUT2D eigenvalue weighted by Crippen LogP contribution is -2.12. The number of benzene rings is 1. The molecular weight excluding hydrogens is 308 g/mol. The second-order valence-corrected chi connectivity index (χ2v) is 6.54. The lowest BCUT2D eigenvalue weighted by molar-refractivity contribution is 0.759. The maximum Gasteiger partial charge on any atom is 0.152 e. The molecule has 4 nitrogen and oxygen atoms in total. The van der Waals surface area contributed by atoms with Gasteiger partial charge < -0.3 is 5.32 Å². The van der Waals surface area contributed by atoms with Gasteiger partial charge in [-0.2, -0.15) is 10.4 Å². The van der Waals surface area contributed by atoms with Crippen molar-refractivity contribution in [3.63, 3.8) is 0 Å². The van der Waals surface area contributed by atoms with Gasteiger partial charge >= 0.3 is 0 Å². The van der Waals surface area contributed by atoms with E-state index in [0.717, 1.165) is 35.4 Å². The van der Waals surface area contributed by atoms with Crippen LogP contribution in [0.4, 0.5) is 5.82 Å². The van der Waals surface area contributed by atoms with Crippen LogP contribution in [0.25, 0.3) is 5.70 Å². The molecule has 5 heteroatoms. The van der Waals surface area contributed by atoms with Crippen LogP contribution in [0.3, 0.4) is 0 Å². The number of anilines is 1. The van der Waals surface area contributed by atoms with Crippen LogP contribution >= 0.6 is 11.6 Å². The van der Waals surface area contributed by atoms with Gasteiger partial charge in [0.05, 0.1) is 11.4 Å². The van der Waals surface area contributed by atoms with E-state index in [0.29, 0.717) is 16.4 Å². The lowest BCUT2D eigenvalue weighted by Gasteiger charge is -2.16. The molecule has 1 aromatic carbocycles. The number of halogens is 1. The van der Waals surface area contributed by atoms with E-state index in [1.54, 1.807) is 4.68 Å². The first-order chi connectivity index (χ1) is 11.1. The number of hydrogen-bond acceptors (Lipinski definition) is 3. The standard InChI is InChI=1S/C18H15ClN4/c1-11-10-21-17-15(9-20)16(22-23(17)12(11)2)18(7-8-18)13-3-5-14(19)6-4-13/h3-6,10,21H,2,7-8H2,1H3. The number of allylic oxidation sites excluding steroid dienone is 2. The fraction of sp³-hybridized carbons (Fsp3) is 0.222. The van der Waals surface area contributed by atoms with Gasteiger partial charge in [-0.1, -0.05) is 30.3 Å². The molecule has 0 radical (unpaired) electrons. The molecule has 1 N–H and O–H groups in total. The summed E-state index contributed by atoms with van der Waals surface area (Å²) in [7, 11) is 0. The number of nitrogens with one attached hydrogen (secondary N) is 1. The zero-order chi connectivity index (χ0) is 16.2. The first kappa shape index (κ1) is 14.1. The fourth-order valence-corrected chi connectivity index (χ4v) is 3.30. The van der Waals surface area contributed by atoms with Gasteiger partial charge in [-0.05, 0) is 43.0 Å². The number of nitrogens with zero attached hydrogens (tertiary/aromatic N) is 3. The second kappa shape index (κ2) is 4.74. The Morgan fingerprint density at radius 2 is 2.04 bits per heavy atom. The van der Waals surface area contributed by atoms with E-state index in [9.17, 15) is 5.26 Å². The Labute approximate surface area is 139 Å². The van der Waals surface area contributed by atoms with Crippen molar-refractivity contribution in [1.29, 1.82) is 5.26 Å². The van der Waals surface area contributed by atoms with Gasteiger partial charge in [-0.3, -0.25) is 0 Å². The van der Waals surface area contributed by atoms with E-state index in [4.69, 9.17) is 16.7 Å². The molecule has 23 heavy (non-hydrogen) atoms. The molecule has 0 spiro atoms. The summed E-state index contributed by atoms with van der Waals surface area (Å²) < 4.78 is 1.75. The zero-order valence-electron chi connectivity index (χ0n) is 12.7. The SMILES string of the molecule is C=C1C(C)=CNc2c(C#N)c(C3(c4ccc(Cl)cc4)CC3)nn21. The summed E-state index contributed by atoms with van der Waals surface area (Å²) >= 11 is 6.00. The number of rotatable bonds is 2. The van der Waals surface area contributed by atoms with E-state index in [1.807, 2.05) is 37.4 Å². The van der Waals surface area contributed by atoms with E-state index in [-0.39, 0.29) is 5.41 Å². The van der Waals surface area contributed by atoms with Crippen molar-refractivity contribution in [1.82, 2.24) is 9.78 Å². The summed E-state index contributed by atoms with van der Waals surface area (Å²) in [5, 5.41) is 18.3. The monoisotopic (exact) mass is 322 g/mol. The smallest absolute Gasteiger partial charge is 0.152 e. The normalized spacial score (nSPS) is 17.8. The van der Waals surface area contributed by atoms with Gasteiger partial charge in [0.2, 0.25) is 0 Å². The minimum atomic E-state index is -0.185. The van der Waals surface area contributed by atoms with Crippen LogP contribution in [0.2, 0.25) is 5.02 Å². The number of hydrogen-bond donors (Lipinski definition) is 1. The highest BCUT2D eigenvalue weighted by molar-refractivity contribution is 6.30. The summed E-state index contributed by atoms with van der Waals surface area (Å²) in [5.74, 6) is 0.707. The Kier molecular flexibility index (Phi) is 2.91. The average Bonchev–Trinajstić information content (AvgIpc) is 3.26. The van der Waals surface area contributed by atoms with Crippen molar-refractivity contribution >= 4 is 23.1 Å². The molecule has 1 aliphatic heterocycles. The molecular formula is C18H15ClN4. The lowest BCUT2D eigenvalue weighted by atomic mass is 9.90. The molecule has 1 aromatic heterocycles. The largest absolute Gasteiger partial charge is 0.345 e. The third-order valence-electron chi connectivity index (χ3n) is 4.73. The Morgan fingerprint density at radius 3 is 2.65 bits per heavy atom. The van der Waals surface area contributed by atoms with Gasteiger partial charge in [0, 0.05) is 16.6 Å². The summed E-state index contributed by atoms with van der Waals surface area (Å²) in [6.07, 6.45) is 3.84. The molecule has 0 atom stereocenters. The van der Waals surface area contributed by atoms with Gasteiger partial charge in [0.15, 0.2) is 5.82 Å². The molecule has 2 aliphatic rings. The molecule has 0 saturated heterocycles. The third kappa shape index (κ3) is 1.94. The molecule has 0 amide bonds. The summed E-state index contributed by atoms with van der Waals surface area (Å²) in [6, 6.07) is 10.2. The van der Waals surface area contributed by atoms with Crippen molar-refractivity contribution in [2.75, 3.05) is 5.32 Å². The van der Waals surface area contributed by atoms with Crippen LogP contribution in [-0.2, 0) is 5.41 Å². The van der Waals surface area contributed by atoms with Crippen LogP contribution in [0, 0.1) is 11.3 Å². The van der Waals surface area contributed by atoms with E-state index in [2.05, 4.69) is 18.0 Å². The molecule has 1 fully saturated rings. The van der Waals surface area contributed by atoms with Gasteiger partial charge in [0.1, 0.15) is 11.6 Å². The number of fused-ring (bicyclic) bond motifs is 1. The van der Waals surface area contributed by atoms with E-state index < -0.39 is 0 Å². The molecule has 2 heterocycles. The van der Waals surface area contributed by atoms with Gasteiger partial charge in [-0.15, -0.1) is 0 Å². The predicted octanol–water partition coefficient (Wildman–Crippen LogP) is 4.29. The Morgan fingerprint density at radius 1 is 1.35 bits per heavy atom. The highest BCUT2D eigenvalue weighted by Gasteiger charge is 2.50. The fourth-order valence-electron chi connectivity index (χ4n) is 3.17. The average molecular weight is 323 g/mol. The number of nitriles is 1. The van der Waals surface area contributed by atoms with Crippen LogP contribution < -0.4 is 5.32 Å². The van der Waals surface area contributed by atoms with Crippen molar-refractivity contribution in [3.8, 4) is 6.07 Å². The number of aromatic nitrogens is 2. The van der Waals surface area contributed by atoms with E-state index >= 15 is 0 Å². The zero-order valence-corrected chi connectivity index (χ0v) is 13.5. The molecule has 1 saturated carbocycles. The second-order valence-electron chi connectivity index (χ2n) is 6.10. The topological polar surface area (TPSA) is 53.6 Å². The summed E-state index contributed by atoms with van der Waals surface area (Å²) in [4.78, 5) is 0. The third-order valence-corrected chi connectivity index (χ3v) is 4.99. The maximum atomic E-state index is 9.68. The molecule has 1 aliphatic carbocycles. The van der Waals surface area contributed by atoms with Crippen LogP contribution in [-0.4, -0.2) is 9.78 Å². The summed E-state index contributed by atoms with van der Waals surface area (Å²) in [5.41, 5.74) is 4.21. The van der Waals surface area contributed by atoms with Crippen molar-refractivity contribution < 1.29 is 0 Å². The predicted molar refractivity (Wildman–Crippen MR) is 91.1 cm³/mol. The molecule has 0 unspecified atom stereocenters. The van der Waals surface area contributed by atoms with Crippen molar-refractivity contribution in [3.05, 3.63) is 64.5 Å². The van der Waals surface area contributed by atoms with Crippen LogP contribution in [0.5, 0.6) is 0 Å². The van der Waals surface area contributed by atoms with Gasteiger partial charge in [-0.25, -0.2) is 4.68 Å². The Hall–Kier alpha value is -2.51. The Balaban J connectivity index is 1.88. The van der Waals surface area contributed by atoms with Crippen molar-refractivity contribution in [2.45, 2.75) is 25.2 Å². The van der Waals surface area contributed by atoms with E-state index in [1.165, 1.54) is 0 Å². The molecule has 0 bridgehead atoms. The van der Waals surface area contributed by atoms with Crippen molar-refractivity contribution in [2.24, 2.45) is 0 Å². The molecule has 2 aromatic rings. The first-order valence-electron chi connectivity index (χ1n) is 7.49. The molecule has 114 valence electrons. The van der Waals surface area contributed by atoms with Gasteiger partial charge in [0.25, 0.3) is 0 Å². The maximum absolute atomic E-state index is 9.68.